The molecule has 11 nitrogen and oxygen atoms in total. The number of likely N-dealkylation sites (tertiary alicyclic amines) is 1. The largest absolute Gasteiger partial charge is 0.490 e. The van der Waals surface area contributed by atoms with Crippen LogP contribution >= 0.6 is 0 Å². The minimum Gasteiger partial charge on any atom is -0.475 e. The fraction of sp³-hybridized carbons (Fsp3) is 0.656. The smallest absolute Gasteiger partial charge is 0.475 e. The van der Waals surface area contributed by atoms with Crippen molar-refractivity contribution in [1.82, 2.24) is 24.4 Å². The fourth-order valence-electron chi connectivity index (χ4n) is 7.14. The van der Waals surface area contributed by atoms with E-state index in [0.717, 1.165) is 69.2 Å². The van der Waals surface area contributed by atoms with Gasteiger partial charge in [-0.3, -0.25) is 14.5 Å². The number of aliphatic carboxylic acids is 1. The molecule has 15 heteroatoms. The second kappa shape index (κ2) is 15.5. The van der Waals surface area contributed by atoms with Crippen molar-refractivity contribution in [3.8, 4) is 0 Å². The molecule has 262 valence electrons. The normalized spacial score (nSPS) is 22.7. The number of para-hydroxylation sites is 1. The molecule has 0 spiro atoms. The number of hydrogen-bond acceptors (Lipinski definition) is 7. The van der Waals surface area contributed by atoms with Crippen LogP contribution in [0.1, 0.15) is 75.2 Å². The number of benzene rings is 1. The Labute approximate surface area is 273 Å². The Kier molecular flexibility index (Phi) is 12.1. The number of nitrogens with one attached hydrogen (secondary N) is 2. The van der Waals surface area contributed by atoms with Gasteiger partial charge in [-0.2, -0.15) is 13.2 Å². The molecule has 3 aliphatic rings. The zero-order chi connectivity index (χ0) is 34.5. The summed E-state index contributed by atoms with van der Waals surface area (Å²) in [5.74, 6) is -2.58. The maximum absolute atomic E-state index is 13.4. The van der Waals surface area contributed by atoms with E-state index < -0.39 is 22.2 Å². The maximum Gasteiger partial charge on any atom is 0.490 e. The molecule has 1 unspecified atom stereocenters. The number of fused-ring (bicyclic) bond motifs is 3. The Morgan fingerprint density at radius 2 is 1.62 bits per heavy atom. The van der Waals surface area contributed by atoms with Gasteiger partial charge in [0.05, 0.1) is 11.8 Å². The van der Waals surface area contributed by atoms with E-state index in [4.69, 9.17) is 9.90 Å². The average molecular weight is 686 g/mol. The van der Waals surface area contributed by atoms with Gasteiger partial charge in [0, 0.05) is 30.7 Å². The average Bonchev–Trinajstić information content (AvgIpc) is 3.22. The predicted octanol–water partition coefficient (Wildman–Crippen LogP) is 3.59. The van der Waals surface area contributed by atoms with E-state index in [1.807, 2.05) is 38.1 Å². The van der Waals surface area contributed by atoms with Gasteiger partial charge >= 0.3 is 12.1 Å². The molecule has 3 N–H and O–H groups in total. The summed E-state index contributed by atoms with van der Waals surface area (Å²) in [6.45, 7) is 8.72. The third-order valence-corrected chi connectivity index (χ3v) is 10.1. The highest BCUT2D eigenvalue weighted by Crippen LogP contribution is 2.36. The Morgan fingerprint density at radius 1 is 1.02 bits per heavy atom. The quantitative estimate of drug-likeness (QED) is 0.345. The summed E-state index contributed by atoms with van der Waals surface area (Å²) in [5.41, 5.74) is 0.874. The number of rotatable bonds is 10. The van der Waals surface area contributed by atoms with Crippen molar-refractivity contribution in [2.24, 2.45) is 5.92 Å². The van der Waals surface area contributed by atoms with Gasteiger partial charge in [-0.1, -0.05) is 18.2 Å². The molecule has 3 atom stereocenters. The van der Waals surface area contributed by atoms with Crippen LogP contribution < -0.4 is 15.6 Å². The molecule has 0 aliphatic carbocycles. The van der Waals surface area contributed by atoms with Gasteiger partial charge in [0.25, 0.3) is 11.5 Å². The summed E-state index contributed by atoms with van der Waals surface area (Å²) in [7, 11) is -3.12. The number of alkyl halides is 3. The van der Waals surface area contributed by atoms with Gasteiger partial charge in [0.15, 0.2) is 0 Å². The van der Waals surface area contributed by atoms with Crippen LogP contribution in [0.4, 0.5) is 13.2 Å². The Morgan fingerprint density at radius 3 is 2.17 bits per heavy atom. The minimum atomic E-state index is -5.08. The molecule has 1 aromatic carbocycles. The Hall–Kier alpha value is -3.01. The summed E-state index contributed by atoms with van der Waals surface area (Å²) in [6.07, 6.45) is 3.57. The van der Waals surface area contributed by atoms with Gasteiger partial charge in [0.2, 0.25) is 10.0 Å². The van der Waals surface area contributed by atoms with E-state index in [0.29, 0.717) is 24.5 Å². The van der Waals surface area contributed by atoms with Crippen LogP contribution in [-0.2, 0) is 14.8 Å². The third-order valence-electron chi connectivity index (χ3n) is 9.40. The molecular weight excluding hydrogens is 639 g/mol. The first-order valence-corrected chi connectivity index (χ1v) is 18.1. The molecule has 3 aliphatic heterocycles. The lowest BCUT2D eigenvalue weighted by Gasteiger charge is -2.40. The number of carboxylic acids is 1. The summed E-state index contributed by atoms with van der Waals surface area (Å²) >= 11 is 0. The zero-order valence-electron chi connectivity index (χ0n) is 27.1. The number of pyridine rings is 1. The lowest BCUT2D eigenvalue weighted by Crippen LogP contribution is -2.51. The van der Waals surface area contributed by atoms with Gasteiger partial charge in [-0.05, 0) is 108 Å². The van der Waals surface area contributed by atoms with Crippen molar-refractivity contribution in [2.75, 3.05) is 39.0 Å². The number of carbonyl (C=O) groups excluding carboxylic acids is 1. The van der Waals surface area contributed by atoms with Crippen molar-refractivity contribution in [2.45, 2.75) is 89.1 Å². The highest BCUT2D eigenvalue weighted by atomic mass is 32.2. The number of carboxylic acid groups (broad SMARTS) is 1. The number of sulfonamides is 1. The Bertz CT molecular complexity index is 1560. The number of piperidine rings is 2. The van der Waals surface area contributed by atoms with Gasteiger partial charge in [-0.15, -0.1) is 0 Å². The van der Waals surface area contributed by atoms with Crippen LogP contribution in [0.3, 0.4) is 0 Å². The van der Waals surface area contributed by atoms with Gasteiger partial charge < -0.3 is 19.9 Å². The van der Waals surface area contributed by atoms with E-state index in [9.17, 15) is 31.2 Å². The fourth-order valence-corrected chi connectivity index (χ4v) is 7.68. The number of carbonyl (C=O) groups is 2. The van der Waals surface area contributed by atoms with Crippen molar-refractivity contribution in [1.29, 1.82) is 0 Å². The molecule has 0 saturated carbocycles. The SMILES string of the molecule is CC(C)n1c(=O)c(C(=O)NC2C[C@H]3CC[C@@H](C2)N3CCCN2CCC(CNS(C)(=O)=O)CC2)cc2ccccc21.O=C(O)C(F)(F)F. The van der Waals surface area contributed by atoms with Crippen LogP contribution in [-0.4, -0.2) is 103 Å². The molecule has 0 radical (unpaired) electrons. The van der Waals surface area contributed by atoms with Crippen LogP contribution in [0, 0.1) is 5.92 Å². The highest BCUT2D eigenvalue weighted by Gasteiger charge is 2.41. The van der Waals surface area contributed by atoms with E-state index in [1.54, 1.807) is 10.6 Å². The van der Waals surface area contributed by atoms with Gasteiger partial charge in [-0.25, -0.2) is 17.9 Å². The minimum absolute atomic E-state index is 0.0347. The highest BCUT2D eigenvalue weighted by molar-refractivity contribution is 7.88. The van der Waals surface area contributed by atoms with Crippen molar-refractivity contribution < 1.29 is 36.3 Å². The lowest BCUT2D eigenvalue weighted by atomic mass is 9.96. The molecule has 2 aromatic rings. The molecule has 3 saturated heterocycles. The molecular formula is C32H46F3N5O6S. The number of nitrogens with zero attached hydrogens (tertiary/aromatic N) is 3. The monoisotopic (exact) mass is 685 g/mol. The second-order valence-corrected chi connectivity index (χ2v) is 15.0. The summed E-state index contributed by atoms with van der Waals surface area (Å²) in [4.78, 5) is 40.7. The summed E-state index contributed by atoms with van der Waals surface area (Å²) < 4.78 is 58.8. The first-order chi connectivity index (χ1) is 22.0. The first kappa shape index (κ1) is 36.8. The standard InChI is InChI=1S/C30H45N5O4S.C2HF3O2/c1-21(2)35-28-8-5-4-7-23(28)17-27(30(35)37)29(36)32-24-18-25-9-10-26(19-24)34(25)14-6-13-33-15-11-22(12-16-33)20-31-40(3,38)39;3-2(4,5)1(6)7/h4-5,7-8,17,21-22,24-26,31H,6,9-16,18-20H2,1-3H3,(H,32,36);(H,6,7)/t24?,25-,26+;. The number of aromatic nitrogens is 1. The molecule has 4 heterocycles. The first-order valence-electron chi connectivity index (χ1n) is 16.2. The summed E-state index contributed by atoms with van der Waals surface area (Å²) in [5, 5.41) is 11.3. The lowest BCUT2D eigenvalue weighted by molar-refractivity contribution is -0.192. The van der Waals surface area contributed by atoms with Crippen LogP contribution in [0.2, 0.25) is 0 Å². The molecule has 2 bridgehead atoms. The maximum atomic E-state index is 13.4. The van der Waals surface area contributed by atoms with Crippen LogP contribution in [0.15, 0.2) is 35.1 Å². The van der Waals surface area contributed by atoms with E-state index >= 15 is 0 Å². The number of amides is 1. The molecule has 1 aromatic heterocycles. The second-order valence-electron chi connectivity index (χ2n) is 13.2. The summed E-state index contributed by atoms with van der Waals surface area (Å²) in [6, 6.07) is 10.5. The Balaban J connectivity index is 0.000000644. The molecule has 47 heavy (non-hydrogen) atoms. The van der Waals surface area contributed by atoms with E-state index in [2.05, 4.69) is 19.8 Å². The van der Waals surface area contributed by atoms with Crippen LogP contribution in [0.5, 0.6) is 0 Å². The van der Waals surface area contributed by atoms with Crippen molar-refractivity contribution >= 4 is 32.8 Å². The van der Waals surface area contributed by atoms with Gasteiger partial charge in [0.1, 0.15) is 5.56 Å². The van der Waals surface area contributed by atoms with Crippen molar-refractivity contribution in [3.05, 3.63) is 46.2 Å². The van der Waals surface area contributed by atoms with E-state index in [-0.39, 0.29) is 29.1 Å². The molecule has 3 fully saturated rings. The number of halogens is 3. The predicted molar refractivity (Wildman–Crippen MR) is 173 cm³/mol. The topological polar surface area (TPSA) is 141 Å². The van der Waals surface area contributed by atoms with Crippen LogP contribution in [0.25, 0.3) is 10.9 Å². The molecule has 5 rings (SSSR count). The van der Waals surface area contributed by atoms with E-state index in [1.165, 1.54) is 19.1 Å². The number of hydrogen-bond donors (Lipinski definition) is 3. The third kappa shape index (κ3) is 10.00. The molecule has 1 amide bonds. The zero-order valence-corrected chi connectivity index (χ0v) is 27.9. The van der Waals surface area contributed by atoms with Crippen molar-refractivity contribution in [3.63, 3.8) is 0 Å².